The molecule has 0 unspecified atom stereocenters. The fourth-order valence-electron chi connectivity index (χ4n) is 3.70. The van der Waals surface area contributed by atoms with Gasteiger partial charge in [0.05, 0.1) is 0 Å². The highest BCUT2D eigenvalue weighted by Crippen LogP contribution is 2.41. The minimum atomic E-state index is -0.377. The maximum atomic E-state index is 11.7. The molecular formula is C19H23N3O2. The number of carbonyl (C=O) groups excluding carboxylic acids is 2. The summed E-state index contributed by atoms with van der Waals surface area (Å²) in [5.41, 5.74) is 12.0. The normalized spacial score (nSPS) is 19.4. The molecule has 0 radical (unpaired) electrons. The highest BCUT2D eigenvalue weighted by Gasteiger charge is 2.30. The van der Waals surface area contributed by atoms with E-state index in [1.54, 1.807) is 0 Å². The first-order valence-corrected chi connectivity index (χ1v) is 8.22. The molecular weight excluding hydrogens is 302 g/mol. The van der Waals surface area contributed by atoms with Crippen LogP contribution in [0.3, 0.4) is 0 Å². The highest BCUT2D eigenvalue weighted by molar-refractivity contribution is 5.99. The van der Waals surface area contributed by atoms with E-state index in [1.165, 1.54) is 17.2 Å². The summed E-state index contributed by atoms with van der Waals surface area (Å²) < 4.78 is 0. The van der Waals surface area contributed by atoms with Crippen LogP contribution in [0.5, 0.6) is 0 Å². The van der Waals surface area contributed by atoms with E-state index in [4.69, 9.17) is 5.73 Å². The maximum absolute atomic E-state index is 11.7. The molecule has 0 spiro atoms. The summed E-state index contributed by atoms with van der Waals surface area (Å²) in [5, 5.41) is 2.96. The fourth-order valence-corrected chi connectivity index (χ4v) is 3.70. The van der Waals surface area contributed by atoms with Crippen molar-refractivity contribution in [1.29, 1.82) is 0 Å². The van der Waals surface area contributed by atoms with Crippen LogP contribution in [-0.2, 0) is 11.2 Å². The molecule has 1 aromatic rings. The third kappa shape index (κ3) is 2.70. The van der Waals surface area contributed by atoms with Crippen LogP contribution in [-0.4, -0.2) is 30.9 Å². The van der Waals surface area contributed by atoms with Gasteiger partial charge < -0.3 is 16.0 Å². The van der Waals surface area contributed by atoms with E-state index in [1.807, 2.05) is 12.1 Å². The summed E-state index contributed by atoms with van der Waals surface area (Å²) >= 11 is 0. The topological polar surface area (TPSA) is 75.4 Å². The van der Waals surface area contributed by atoms with Crippen LogP contribution in [0.1, 0.15) is 41.8 Å². The van der Waals surface area contributed by atoms with Gasteiger partial charge in [0.1, 0.15) is 0 Å². The molecule has 5 nitrogen and oxygen atoms in total. The number of fused-ring (bicyclic) bond motifs is 1. The summed E-state index contributed by atoms with van der Waals surface area (Å²) in [6.07, 6.45) is 2.98. The summed E-state index contributed by atoms with van der Waals surface area (Å²) in [4.78, 5) is 25.5. The summed E-state index contributed by atoms with van der Waals surface area (Å²) in [6.45, 7) is 9.32. The molecule has 2 aliphatic rings. The van der Waals surface area contributed by atoms with E-state index in [2.05, 4.69) is 30.6 Å². The molecule has 1 atom stereocenters. The van der Waals surface area contributed by atoms with Crippen molar-refractivity contribution in [2.75, 3.05) is 18.0 Å². The smallest absolute Gasteiger partial charge is 0.249 e. The molecule has 0 aromatic heterocycles. The molecule has 1 heterocycles. The third-order valence-corrected chi connectivity index (χ3v) is 5.07. The predicted octanol–water partition coefficient (Wildman–Crippen LogP) is 2.02. The lowest BCUT2D eigenvalue weighted by molar-refractivity contribution is -0.117. The van der Waals surface area contributed by atoms with Gasteiger partial charge >= 0.3 is 0 Å². The number of nitrogens with one attached hydrogen (secondary N) is 1. The lowest BCUT2D eigenvalue weighted by atomic mass is 9.97. The van der Waals surface area contributed by atoms with Crippen molar-refractivity contribution in [3.05, 3.63) is 47.1 Å². The Balaban J connectivity index is 1.93. The number of allylic oxidation sites excluding steroid dienone is 2. The van der Waals surface area contributed by atoms with Crippen molar-refractivity contribution in [1.82, 2.24) is 5.32 Å². The Hall–Kier alpha value is -2.56. The van der Waals surface area contributed by atoms with Gasteiger partial charge in [0.25, 0.3) is 0 Å². The average molecular weight is 325 g/mol. The summed E-state index contributed by atoms with van der Waals surface area (Å²) in [6, 6.07) is 3.94. The van der Waals surface area contributed by atoms with Gasteiger partial charge in [0.2, 0.25) is 11.8 Å². The second-order valence-electron chi connectivity index (χ2n) is 6.58. The Bertz CT molecular complexity index is 764. The zero-order chi connectivity index (χ0) is 17.4. The fraction of sp³-hybridized carbons (Fsp3) is 0.368. The largest absolute Gasteiger partial charge is 0.369 e. The summed E-state index contributed by atoms with van der Waals surface area (Å²) in [7, 11) is 0. The lowest BCUT2D eigenvalue weighted by Crippen LogP contribution is -2.36. The SMILES string of the molecule is C=CC(=O)N[C@@H]1CCN(c2ccc(C(N)=O)c3c2C(C)=C(C)C3)C1. The van der Waals surface area contributed by atoms with Gasteiger partial charge in [-0.3, -0.25) is 9.59 Å². The van der Waals surface area contributed by atoms with Crippen LogP contribution in [0.25, 0.3) is 5.57 Å². The van der Waals surface area contributed by atoms with Gasteiger partial charge in [-0.2, -0.15) is 0 Å². The Morgan fingerprint density at radius 3 is 2.79 bits per heavy atom. The van der Waals surface area contributed by atoms with Crippen molar-refractivity contribution >= 4 is 23.1 Å². The van der Waals surface area contributed by atoms with Crippen LogP contribution in [0.4, 0.5) is 5.69 Å². The first kappa shape index (κ1) is 16.3. The number of benzene rings is 1. The molecule has 24 heavy (non-hydrogen) atoms. The monoisotopic (exact) mass is 325 g/mol. The Labute approximate surface area is 142 Å². The first-order valence-electron chi connectivity index (χ1n) is 8.22. The van der Waals surface area contributed by atoms with Gasteiger partial charge in [-0.15, -0.1) is 0 Å². The number of carbonyl (C=O) groups is 2. The standard InChI is InChI=1S/C19H23N3O2/c1-4-17(23)21-13-7-8-22(10-13)16-6-5-14(19(20)24)15-9-11(2)12(3)18(15)16/h4-6,13H,1,7-10H2,2-3H3,(H2,20,24)(H,21,23)/t13-/m1/s1. The summed E-state index contributed by atoms with van der Waals surface area (Å²) in [5.74, 6) is -0.513. The molecule has 1 saturated heterocycles. The van der Waals surface area contributed by atoms with Crippen molar-refractivity contribution in [2.24, 2.45) is 5.73 Å². The molecule has 3 rings (SSSR count). The number of anilines is 1. The minimum absolute atomic E-state index is 0.119. The molecule has 2 amide bonds. The van der Waals surface area contributed by atoms with E-state index in [9.17, 15) is 9.59 Å². The van der Waals surface area contributed by atoms with E-state index >= 15 is 0 Å². The number of nitrogens with two attached hydrogens (primary N) is 1. The van der Waals surface area contributed by atoms with Gasteiger partial charge in [-0.1, -0.05) is 12.2 Å². The third-order valence-electron chi connectivity index (χ3n) is 5.07. The quantitative estimate of drug-likeness (QED) is 0.832. The van der Waals surface area contributed by atoms with Gasteiger partial charge in [-0.05, 0) is 56.0 Å². The second kappa shape index (κ2) is 6.15. The number of hydrogen-bond acceptors (Lipinski definition) is 3. The van der Waals surface area contributed by atoms with Crippen molar-refractivity contribution < 1.29 is 9.59 Å². The van der Waals surface area contributed by atoms with Crippen LogP contribution < -0.4 is 16.0 Å². The average Bonchev–Trinajstić information content (AvgIpc) is 3.12. The lowest BCUT2D eigenvalue weighted by Gasteiger charge is -2.23. The molecule has 126 valence electrons. The zero-order valence-electron chi connectivity index (χ0n) is 14.2. The number of primary amides is 1. The Kier molecular flexibility index (Phi) is 4.18. The number of amides is 2. The van der Waals surface area contributed by atoms with Crippen LogP contribution in [0, 0.1) is 0 Å². The van der Waals surface area contributed by atoms with E-state index in [-0.39, 0.29) is 17.9 Å². The van der Waals surface area contributed by atoms with Crippen LogP contribution >= 0.6 is 0 Å². The molecule has 3 N–H and O–H groups in total. The zero-order valence-corrected chi connectivity index (χ0v) is 14.2. The van der Waals surface area contributed by atoms with Gasteiger partial charge in [-0.25, -0.2) is 0 Å². The van der Waals surface area contributed by atoms with Gasteiger partial charge in [0.15, 0.2) is 0 Å². The molecule has 1 aliphatic carbocycles. The molecule has 0 bridgehead atoms. The molecule has 1 aliphatic heterocycles. The number of rotatable bonds is 4. The van der Waals surface area contributed by atoms with E-state index < -0.39 is 0 Å². The number of hydrogen-bond donors (Lipinski definition) is 2. The van der Waals surface area contributed by atoms with Crippen molar-refractivity contribution in [2.45, 2.75) is 32.7 Å². The van der Waals surface area contributed by atoms with Gasteiger partial charge in [0, 0.05) is 35.9 Å². The molecule has 0 saturated carbocycles. The van der Waals surface area contributed by atoms with Crippen LogP contribution in [0.2, 0.25) is 0 Å². The maximum Gasteiger partial charge on any atom is 0.249 e. The Morgan fingerprint density at radius 1 is 1.38 bits per heavy atom. The molecule has 1 aromatic carbocycles. The van der Waals surface area contributed by atoms with Crippen LogP contribution in [0.15, 0.2) is 30.4 Å². The number of nitrogens with zero attached hydrogens (tertiary/aromatic N) is 1. The first-order chi connectivity index (χ1) is 11.4. The molecule has 5 heteroatoms. The molecule has 1 fully saturated rings. The Morgan fingerprint density at radius 2 is 2.12 bits per heavy atom. The van der Waals surface area contributed by atoms with E-state index in [0.717, 1.165) is 42.7 Å². The van der Waals surface area contributed by atoms with E-state index in [0.29, 0.717) is 5.56 Å². The predicted molar refractivity (Wildman–Crippen MR) is 95.9 cm³/mol. The highest BCUT2D eigenvalue weighted by atomic mass is 16.1. The second-order valence-corrected chi connectivity index (χ2v) is 6.58. The van der Waals surface area contributed by atoms with Crippen molar-refractivity contribution in [3.63, 3.8) is 0 Å². The minimum Gasteiger partial charge on any atom is -0.369 e. The van der Waals surface area contributed by atoms with Crippen molar-refractivity contribution in [3.8, 4) is 0 Å².